The Bertz CT molecular complexity index is 1050. The van der Waals surface area contributed by atoms with Crippen molar-refractivity contribution in [3.8, 4) is 0 Å². The molecule has 0 aromatic heterocycles. The van der Waals surface area contributed by atoms with Gasteiger partial charge in [-0.3, -0.25) is 14.5 Å². The van der Waals surface area contributed by atoms with Crippen LogP contribution >= 0.6 is 11.8 Å². The van der Waals surface area contributed by atoms with Crippen LogP contribution < -0.4 is 10.2 Å². The maximum atomic E-state index is 12.6. The number of nitrogens with one attached hydrogen (secondary N) is 1. The average molecular weight is 445 g/mol. The standard InChI is InChI=1S/C27H28N2O2S/c1-2-3-5-8-20-11-13-21(14-12-20)26(31)28-23-17-15-22(16-18-23)27-29(25(30)19-32-27)24-9-6-4-7-10-24/h4,6-7,9-18,27H,2-3,5,8,19H2,1H3,(H,28,31). The number of hydrogen-bond acceptors (Lipinski definition) is 3. The lowest BCUT2D eigenvalue weighted by molar-refractivity contribution is -0.115. The largest absolute Gasteiger partial charge is 0.322 e. The molecule has 0 saturated carbocycles. The molecule has 164 valence electrons. The third kappa shape index (κ3) is 5.22. The molecule has 0 bridgehead atoms. The van der Waals surface area contributed by atoms with Gasteiger partial charge in [-0.25, -0.2) is 0 Å². The summed E-state index contributed by atoms with van der Waals surface area (Å²) in [7, 11) is 0. The topological polar surface area (TPSA) is 49.4 Å². The fraction of sp³-hybridized carbons (Fsp3) is 0.259. The van der Waals surface area contributed by atoms with E-state index in [1.807, 2.05) is 83.8 Å². The van der Waals surface area contributed by atoms with E-state index in [1.165, 1.54) is 24.8 Å². The molecule has 1 N–H and O–H groups in total. The van der Waals surface area contributed by atoms with Gasteiger partial charge in [0.1, 0.15) is 5.37 Å². The molecule has 1 heterocycles. The maximum absolute atomic E-state index is 12.6. The number of para-hydroxylation sites is 1. The van der Waals surface area contributed by atoms with Gasteiger partial charge in [-0.2, -0.15) is 0 Å². The molecule has 3 aromatic carbocycles. The number of hydrogen-bond donors (Lipinski definition) is 1. The first-order valence-electron chi connectivity index (χ1n) is 11.1. The summed E-state index contributed by atoms with van der Waals surface area (Å²) in [5, 5.41) is 2.91. The second kappa shape index (κ2) is 10.5. The summed E-state index contributed by atoms with van der Waals surface area (Å²) in [5.41, 5.74) is 4.61. The highest BCUT2D eigenvalue weighted by Gasteiger charge is 2.33. The molecule has 1 aliphatic heterocycles. The number of carbonyl (C=O) groups excluding carboxylic acids is 2. The Morgan fingerprint density at radius 3 is 2.38 bits per heavy atom. The number of unbranched alkanes of at least 4 members (excludes halogenated alkanes) is 2. The van der Waals surface area contributed by atoms with Crippen molar-refractivity contribution in [2.24, 2.45) is 0 Å². The van der Waals surface area contributed by atoms with Gasteiger partial charge >= 0.3 is 0 Å². The lowest BCUT2D eigenvalue weighted by Crippen LogP contribution is -2.27. The van der Waals surface area contributed by atoms with E-state index in [-0.39, 0.29) is 17.2 Å². The quantitative estimate of drug-likeness (QED) is 0.406. The van der Waals surface area contributed by atoms with Crippen LogP contribution in [0, 0.1) is 0 Å². The van der Waals surface area contributed by atoms with Gasteiger partial charge in [0.05, 0.1) is 5.75 Å². The minimum atomic E-state index is -0.116. The molecule has 1 atom stereocenters. The molecule has 32 heavy (non-hydrogen) atoms. The van der Waals surface area contributed by atoms with Gasteiger partial charge in [0.25, 0.3) is 5.91 Å². The summed E-state index contributed by atoms with van der Waals surface area (Å²) in [5.74, 6) is 0.461. The third-order valence-corrected chi connectivity index (χ3v) is 6.85. The number of aryl methyl sites for hydroxylation is 1. The van der Waals surface area contributed by atoms with Crippen LogP contribution in [0.15, 0.2) is 78.9 Å². The van der Waals surface area contributed by atoms with Gasteiger partial charge in [-0.05, 0) is 60.4 Å². The Labute approximate surface area is 194 Å². The van der Waals surface area contributed by atoms with Crippen LogP contribution in [0.5, 0.6) is 0 Å². The molecule has 0 aliphatic carbocycles. The molecule has 1 saturated heterocycles. The molecular formula is C27H28N2O2S. The van der Waals surface area contributed by atoms with Crippen molar-refractivity contribution in [2.45, 2.75) is 38.0 Å². The zero-order valence-corrected chi connectivity index (χ0v) is 19.1. The third-order valence-electron chi connectivity index (χ3n) is 5.64. The lowest BCUT2D eigenvalue weighted by Gasteiger charge is -2.24. The highest BCUT2D eigenvalue weighted by molar-refractivity contribution is 8.00. The Morgan fingerprint density at radius 1 is 0.969 bits per heavy atom. The normalized spacial score (nSPS) is 15.7. The minimum Gasteiger partial charge on any atom is -0.322 e. The highest BCUT2D eigenvalue weighted by Crippen LogP contribution is 2.41. The Hall–Kier alpha value is -3.05. The summed E-state index contributed by atoms with van der Waals surface area (Å²) < 4.78 is 0. The van der Waals surface area contributed by atoms with E-state index in [0.717, 1.165) is 23.4 Å². The summed E-state index contributed by atoms with van der Waals surface area (Å²) in [4.78, 5) is 27.0. The highest BCUT2D eigenvalue weighted by atomic mass is 32.2. The number of benzene rings is 3. The van der Waals surface area contributed by atoms with Gasteiger partial charge in [0, 0.05) is 16.9 Å². The molecule has 1 unspecified atom stereocenters. The zero-order chi connectivity index (χ0) is 22.3. The summed E-state index contributed by atoms with van der Waals surface area (Å²) >= 11 is 1.62. The number of carbonyl (C=O) groups is 2. The van der Waals surface area contributed by atoms with Crippen LogP contribution in [0.1, 0.15) is 53.0 Å². The number of anilines is 2. The van der Waals surface area contributed by atoms with E-state index in [4.69, 9.17) is 0 Å². The van der Waals surface area contributed by atoms with E-state index >= 15 is 0 Å². The van der Waals surface area contributed by atoms with E-state index in [9.17, 15) is 9.59 Å². The summed E-state index contributed by atoms with van der Waals surface area (Å²) in [6.07, 6.45) is 4.67. The number of amides is 2. The first-order valence-corrected chi connectivity index (χ1v) is 12.2. The Balaban J connectivity index is 1.40. The van der Waals surface area contributed by atoms with Crippen LogP contribution in [0.25, 0.3) is 0 Å². The smallest absolute Gasteiger partial charge is 0.255 e. The predicted octanol–water partition coefficient (Wildman–Crippen LogP) is 6.45. The molecule has 4 rings (SSSR count). The van der Waals surface area contributed by atoms with Gasteiger partial charge in [-0.1, -0.05) is 62.2 Å². The molecule has 0 spiro atoms. The van der Waals surface area contributed by atoms with Gasteiger partial charge in [0.2, 0.25) is 5.91 Å². The van der Waals surface area contributed by atoms with Crippen LogP contribution in [-0.4, -0.2) is 17.6 Å². The van der Waals surface area contributed by atoms with Crippen LogP contribution in [0.3, 0.4) is 0 Å². The van der Waals surface area contributed by atoms with Crippen LogP contribution in [0.2, 0.25) is 0 Å². The van der Waals surface area contributed by atoms with Crippen molar-refractivity contribution in [1.29, 1.82) is 0 Å². The Morgan fingerprint density at radius 2 is 1.69 bits per heavy atom. The summed E-state index contributed by atoms with van der Waals surface area (Å²) in [6.45, 7) is 2.20. The van der Waals surface area contributed by atoms with E-state index in [2.05, 4.69) is 12.2 Å². The molecule has 4 nitrogen and oxygen atoms in total. The van der Waals surface area contributed by atoms with Crippen molar-refractivity contribution in [1.82, 2.24) is 0 Å². The van der Waals surface area contributed by atoms with Crippen molar-refractivity contribution in [3.63, 3.8) is 0 Å². The molecule has 5 heteroatoms. The number of thioether (sulfide) groups is 1. The van der Waals surface area contributed by atoms with Crippen LogP contribution in [-0.2, 0) is 11.2 Å². The molecular weight excluding hydrogens is 416 g/mol. The SMILES string of the molecule is CCCCCc1ccc(C(=O)Nc2ccc(C3SCC(=O)N3c3ccccc3)cc2)cc1. The molecule has 3 aromatic rings. The van der Waals surface area contributed by atoms with Gasteiger partial charge in [0.15, 0.2) is 0 Å². The second-order valence-electron chi connectivity index (χ2n) is 7.99. The van der Waals surface area contributed by atoms with Crippen LogP contribution in [0.4, 0.5) is 11.4 Å². The fourth-order valence-corrected chi connectivity index (χ4v) is 5.05. The maximum Gasteiger partial charge on any atom is 0.255 e. The second-order valence-corrected chi connectivity index (χ2v) is 9.06. The first-order chi connectivity index (χ1) is 15.7. The van der Waals surface area contributed by atoms with E-state index in [1.54, 1.807) is 11.8 Å². The number of nitrogens with zero attached hydrogens (tertiary/aromatic N) is 1. The minimum absolute atomic E-state index is 0.0603. The zero-order valence-electron chi connectivity index (χ0n) is 18.3. The van der Waals surface area contributed by atoms with Gasteiger partial charge in [-0.15, -0.1) is 11.8 Å². The van der Waals surface area contributed by atoms with Crippen molar-refractivity contribution in [3.05, 3.63) is 95.6 Å². The fourth-order valence-electron chi connectivity index (χ4n) is 3.87. The monoisotopic (exact) mass is 444 g/mol. The van der Waals surface area contributed by atoms with Crippen molar-refractivity contribution >= 4 is 35.0 Å². The Kier molecular flexibility index (Phi) is 7.28. The predicted molar refractivity (Wildman–Crippen MR) is 133 cm³/mol. The number of rotatable bonds is 8. The molecule has 2 amide bonds. The first kappa shape index (κ1) is 22.2. The lowest BCUT2D eigenvalue weighted by atomic mass is 10.1. The van der Waals surface area contributed by atoms with Crippen molar-refractivity contribution in [2.75, 3.05) is 16.0 Å². The van der Waals surface area contributed by atoms with Gasteiger partial charge < -0.3 is 5.32 Å². The molecule has 1 aliphatic rings. The molecule has 0 radical (unpaired) electrons. The molecule has 1 fully saturated rings. The van der Waals surface area contributed by atoms with E-state index < -0.39 is 0 Å². The van der Waals surface area contributed by atoms with E-state index in [0.29, 0.717) is 11.3 Å². The summed E-state index contributed by atoms with van der Waals surface area (Å²) in [6, 6.07) is 25.4. The average Bonchev–Trinajstić information content (AvgIpc) is 3.22. The van der Waals surface area contributed by atoms with Crippen molar-refractivity contribution < 1.29 is 9.59 Å².